The molecule has 3 rings (SSSR count). The van der Waals surface area contributed by atoms with E-state index < -0.39 is 0 Å². The summed E-state index contributed by atoms with van der Waals surface area (Å²) in [5, 5.41) is 0. The molecule has 2 fully saturated rings. The van der Waals surface area contributed by atoms with Crippen molar-refractivity contribution >= 4 is 0 Å². The molecule has 0 amide bonds. The standard InChI is InChI=1S/C18H28N2/c19-18(14-20-12-4-5-13-20)17-10-8-16(9-11-17)15-6-2-1-3-7-15/h8-11,15,18H,1-7,12-14,19H2. The molecule has 2 N–H and O–H groups in total. The van der Waals surface area contributed by atoms with Gasteiger partial charge in [-0.05, 0) is 55.8 Å². The predicted octanol–water partition coefficient (Wildman–Crippen LogP) is 3.83. The van der Waals surface area contributed by atoms with Crippen molar-refractivity contribution in [3.63, 3.8) is 0 Å². The largest absolute Gasteiger partial charge is 0.323 e. The summed E-state index contributed by atoms with van der Waals surface area (Å²) < 4.78 is 0. The molecule has 2 heteroatoms. The zero-order valence-electron chi connectivity index (χ0n) is 12.6. The Balaban J connectivity index is 1.59. The second-order valence-corrected chi connectivity index (χ2v) is 6.62. The first kappa shape index (κ1) is 14.1. The Morgan fingerprint density at radius 2 is 1.60 bits per heavy atom. The Hall–Kier alpha value is -0.860. The van der Waals surface area contributed by atoms with Crippen molar-refractivity contribution in [2.45, 2.75) is 56.9 Å². The maximum absolute atomic E-state index is 6.36. The summed E-state index contributed by atoms with van der Waals surface area (Å²) in [6.45, 7) is 3.48. The van der Waals surface area contributed by atoms with Gasteiger partial charge in [0.05, 0.1) is 0 Å². The van der Waals surface area contributed by atoms with Crippen LogP contribution in [0.5, 0.6) is 0 Å². The first-order valence-electron chi connectivity index (χ1n) is 8.41. The molecule has 1 aliphatic heterocycles. The molecule has 0 radical (unpaired) electrons. The molecule has 1 saturated carbocycles. The molecule has 20 heavy (non-hydrogen) atoms. The van der Waals surface area contributed by atoms with Gasteiger partial charge < -0.3 is 10.6 Å². The Bertz CT molecular complexity index is 400. The number of rotatable bonds is 4. The van der Waals surface area contributed by atoms with E-state index in [1.165, 1.54) is 69.2 Å². The van der Waals surface area contributed by atoms with Crippen LogP contribution >= 0.6 is 0 Å². The van der Waals surface area contributed by atoms with Crippen LogP contribution in [0.1, 0.15) is 68.0 Å². The zero-order valence-corrected chi connectivity index (χ0v) is 12.6. The van der Waals surface area contributed by atoms with Gasteiger partial charge in [0.15, 0.2) is 0 Å². The van der Waals surface area contributed by atoms with E-state index in [-0.39, 0.29) is 6.04 Å². The SMILES string of the molecule is NC(CN1CCCC1)c1ccc(C2CCCCC2)cc1. The molecule has 1 unspecified atom stereocenters. The number of benzene rings is 1. The molecule has 1 aromatic carbocycles. The van der Waals surface area contributed by atoms with E-state index in [0.29, 0.717) is 0 Å². The highest BCUT2D eigenvalue weighted by molar-refractivity contribution is 5.27. The highest BCUT2D eigenvalue weighted by Crippen LogP contribution is 2.32. The number of likely N-dealkylation sites (tertiary alicyclic amines) is 1. The lowest BCUT2D eigenvalue weighted by molar-refractivity contribution is 0.316. The lowest BCUT2D eigenvalue weighted by Gasteiger charge is -2.23. The highest BCUT2D eigenvalue weighted by Gasteiger charge is 2.18. The summed E-state index contributed by atoms with van der Waals surface area (Å²) in [6, 6.07) is 9.37. The average molecular weight is 272 g/mol. The van der Waals surface area contributed by atoms with Crippen LogP contribution in [0.4, 0.5) is 0 Å². The van der Waals surface area contributed by atoms with Gasteiger partial charge in [-0.1, -0.05) is 43.5 Å². The van der Waals surface area contributed by atoms with E-state index in [1.807, 2.05) is 0 Å². The van der Waals surface area contributed by atoms with Gasteiger partial charge in [-0.25, -0.2) is 0 Å². The van der Waals surface area contributed by atoms with Crippen LogP contribution < -0.4 is 5.73 Å². The lowest BCUT2D eigenvalue weighted by atomic mass is 9.84. The van der Waals surface area contributed by atoms with Crippen molar-refractivity contribution in [2.24, 2.45) is 5.73 Å². The van der Waals surface area contributed by atoms with Crippen LogP contribution in [-0.2, 0) is 0 Å². The van der Waals surface area contributed by atoms with Crippen LogP contribution in [0.15, 0.2) is 24.3 Å². The fraction of sp³-hybridized carbons (Fsp3) is 0.667. The van der Waals surface area contributed by atoms with Crippen molar-refractivity contribution in [2.75, 3.05) is 19.6 Å². The summed E-state index contributed by atoms with van der Waals surface area (Å²) in [5.41, 5.74) is 9.19. The Kier molecular flexibility index (Phi) is 4.74. The second-order valence-electron chi connectivity index (χ2n) is 6.62. The van der Waals surface area contributed by atoms with Crippen LogP contribution in [0.3, 0.4) is 0 Å². The minimum atomic E-state index is 0.175. The average Bonchev–Trinajstić information content (AvgIpc) is 3.01. The molecule has 0 spiro atoms. The second kappa shape index (κ2) is 6.73. The van der Waals surface area contributed by atoms with E-state index in [0.717, 1.165) is 12.5 Å². The van der Waals surface area contributed by atoms with Gasteiger partial charge in [0, 0.05) is 12.6 Å². The summed E-state index contributed by atoms with van der Waals surface area (Å²) in [6.07, 6.45) is 9.66. The van der Waals surface area contributed by atoms with E-state index in [4.69, 9.17) is 5.73 Å². The van der Waals surface area contributed by atoms with Crippen molar-refractivity contribution in [3.05, 3.63) is 35.4 Å². The molecule has 0 aromatic heterocycles. The molecule has 1 saturated heterocycles. The topological polar surface area (TPSA) is 29.3 Å². The van der Waals surface area contributed by atoms with Crippen LogP contribution in [0, 0.1) is 0 Å². The number of nitrogens with two attached hydrogens (primary N) is 1. The maximum Gasteiger partial charge on any atom is 0.0424 e. The molecule has 2 nitrogen and oxygen atoms in total. The first-order valence-corrected chi connectivity index (χ1v) is 8.41. The fourth-order valence-electron chi connectivity index (χ4n) is 3.80. The Labute approximate surface area is 123 Å². The smallest absolute Gasteiger partial charge is 0.0424 e. The van der Waals surface area contributed by atoms with Gasteiger partial charge >= 0.3 is 0 Å². The van der Waals surface area contributed by atoms with E-state index in [2.05, 4.69) is 29.2 Å². The zero-order chi connectivity index (χ0) is 13.8. The summed E-state index contributed by atoms with van der Waals surface area (Å²) in [4.78, 5) is 2.50. The van der Waals surface area contributed by atoms with Gasteiger partial charge in [0.1, 0.15) is 0 Å². The normalized spacial score (nSPS) is 23.1. The van der Waals surface area contributed by atoms with E-state index in [9.17, 15) is 0 Å². The number of hydrogen-bond donors (Lipinski definition) is 1. The molecular formula is C18H28N2. The quantitative estimate of drug-likeness (QED) is 0.902. The minimum absolute atomic E-state index is 0.175. The monoisotopic (exact) mass is 272 g/mol. The third kappa shape index (κ3) is 3.42. The minimum Gasteiger partial charge on any atom is -0.323 e. The third-order valence-electron chi connectivity index (χ3n) is 5.09. The summed E-state index contributed by atoms with van der Waals surface area (Å²) in [5.74, 6) is 0.799. The van der Waals surface area contributed by atoms with Crippen molar-refractivity contribution < 1.29 is 0 Å². The molecule has 1 atom stereocenters. The van der Waals surface area contributed by atoms with E-state index >= 15 is 0 Å². The molecule has 1 aromatic rings. The van der Waals surface area contributed by atoms with Gasteiger partial charge in [-0.2, -0.15) is 0 Å². The van der Waals surface area contributed by atoms with Crippen molar-refractivity contribution in [3.8, 4) is 0 Å². The van der Waals surface area contributed by atoms with E-state index in [1.54, 1.807) is 0 Å². The van der Waals surface area contributed by atoms with Crippen LogP contribution in [0.25, 0.3) is 0 Å². The Morgan fingerprint density at radius 1 is 0.950 bits per heavy atom. The molecular weight excluding hydrogens is 244 g/mol. The summed E-state index contributed by atoms with van der Waals surface area (Å²) in [7, 11) is 0. The van der Waals surface area contributed by atoms with Crippen molar-refractivity contribution in [1.29, 1.82) is 0 Å². The van der Waals surface area contributed by atoms with Crippen LogP contribution in [0.2, 0.25) is 0 Å². The van der Waals surface area contributed by atoms with Gasteiger partial charge in [-0.15, -0.1) is 0 Å². The van der Waals surface area contributed by atoms with Crippen LogP contribution in [-0.4, -0.2) is 24.5 Å². The highest BCUT2D eigenvalue weighted by atomic mass is 15.1. The summed E-state index contributed by atoms with van der Waals surface area (Å²) >= 11 is 0. The first-order chi connectivity index (χ1) is 9.83. The van der Waals surface area contributed by atoms with Crippen molar-refractivity contribution in [1.82, 2.24) is 4.90 Å². The fourth-order valence-corrected chi connectivity index (χ4v) is 3.80. The molecule has 1 heterocycles. The molecule has 0 bridgehead atoms. The van der Waals surface area contributed by atoms with Gasteiger partial charge in [-0.3, -0.25) is 0 Å². The van der Waals surface area contributed by atoms with Gasteiger partial charge in [0.2, 0.25) is 0 Å². The predicted molar refractivity (Wildman–Crippen MR) is 84.9 cm³/mol. The molecule has 2 aliphatic rings. The lowest BCUT2D eigenvalue weighted by Crippen LogP contribution is -2.29. The Morgan fingerprint density at radius 3 is 2.25 bits per heavy atom. The molecule has 1 aliphatic carbocycles. The van der Waals surface area contributed by atoms with Gasteiger partial charge in [0.25, 0.3) is 0 Å². The number of hydrogen-bond acceptors (Lipinski definition) is 2. The third-order valence-corrected chi connectivity index (χ3v) is 5.09. The molecule has 110 valence electrons. The number of nitrogens with zero attached hydrogens (tertiary/aromatic N) is 1. The maximum atomic E-state index is 6.36.